The molecule has 0 bridgehead atoms. The zero-order chi connectivity index (χ0) is 34.2. The molecule has 0 aliphatic carbocycles. The van der Waals surface area contributed by atoms with Crippen LogP contribution in [0.25, 0.3) is 66.1 Å². The first kappa shape index (κ1) is 31.2. The molecule has 0 atom stereocenters. The van der Waals surface area contributed by atoms with Crippen molar-refractivity contribution >= 4 is 43.6 Å². The van der Waals surface area contributed by atoms with Gasteiger partial charge in [-0.25, -0.2) is 0 Å². The molecule has 8 rings (SSSR count). The number of rotatable bonds is 4. The molecule has 2 nitrogen and oxygen atoms in total. The summed E-state index contributed by atoms with van der Waals surface area (Å²) in [5, 5.41) is 5.21. The molecule has 0 saturated heterocycles. The Morgan fingerprint density at radius 2 is 0.980 bits per heavy atom. The molecule has 0 radical (unpaired) electrons. The summed E-state index contributed by atoms with van der Waals surface area (Å²) < 4.78 is 5.04. The van der Waals surface area contributed by atoms with Crippen LogP contribution in [-0.2, 0) is 10.8 Å². The van der Waals surface area contributed by atoms with Crippen LogP contribution in [0.3, 0.4) is 0 Å². The van der Waals surface area contributed by atoms with Gasteiger partial charge in [0.2, 0.25) is 0 Å². The van der Waals surface area contributed by atoms with Crippen LogP contribution in [0.2, 0.25) is 0 Å². The molecule has 244 valence electrons. The highest BCUT2D eigenvalue weighted by Gasteiger charge is 2.25. The Morgan fingerprint density at radius 1 is 0.449 bits per heavy atom. The average molecular weight is 639 g/mol. The Morgan fingerprint density at radius 3 is 1.55 bits per heavy atom. The second-order valence-corrected chi connectivity index (χ2v) is 16.1. The van der Waals surface area contributed by atoms with E-state index in [0.29, 0.717) is 0 Å². The maximum absolute atomic E-state index is 2.54. The van der Waals surface area contributed by atoms with Crippen molar-refractivity contribution in [3.8, 4) is 22.5 Å². The van der Waals surface area contributed by atoms with Gasteiger partial charge in [-0.15, -0.1) is 0 Å². The molecule has 0 fully saturated rings. The average Bonchev–Trinajstić information content (AvgIpc) is 3.59. The smallest absolute Gasteiger partial charge is 0.0596 e. The molecule has 0 aliphatic rings. The predicted molar refractivity (Wildman–Crippen MR) is 212 cm³/mol. The fourth-order valence-electron chi connectivity index (χ4n) is 7.75. The van der Waals surface area contributed by atoms with Crippen molar-refractivity contribution in [1.29, 1.82) is 0 Å². The second-order valence-electron chi connectivity index (χ2n) is 16.1. The van der Waals surface area contributed by atoms with Gasteiger partial charge in [0.1, 0.15) is 0 Å². The molecule has 0 aliphatic heterocycles. The van der Waals surface area contributed by atoms with Gasteiger partial charge in [-0.2, -0.15) is 0 Å². The molecule has 2 heterocycles. The molecule has 0 amide bonds. The Labute approximate surface area is 290 Å². The molecule has 0 N–H and O–H groups in total. The zero-order valence-corrected chi connectivity index (χ0v) is 30.1. The normalized spacial score (nSPS) is 12.7. The molecule has 2 heteroatoms. The van der Waals surface area contributed by atoms with E-state index in [1.165, 1.54) is 82.8 Å². The minimum atomic E-state index is 0.0588. The molecular weight excluding hydrogens is 593 g/mol. The summed E-state index contributed by atoms with van der Waals surface area (Å²) in [4.78, 5) is 0. The summed E-state index contributed by atoms with van der Waals surface area (Å²) in [6.45, 7) is 18.6. The van der Waals surface area contributed by atoms with Crippen molar-refractivity contribution in [3.05, 3.63) is 144 Å². The Hall–Kier alpha value is -5.08. The molecule has 2 aromatic heterocycles. The van der Waals surface area contributed by atoms with E-state index in [2.05, 4.69) is 192 Å². The maximum Gasteiger partial charge on any atom is 0.0596 e. The van der Waals surface area contributed by atoms with Gasteiger partial charge in [0.15, 0.2) is 0 Å². The van der Waals surface area contributed by atoms with E-state index in [-0.39, 0.29) is 16.7 Å². The number of aromatic nitrogens is 2. The molecule has 8 aromatic rings. The lowest BCUT2D eigenvalue weighted by Crippen LogP contribution is -2.10. The van der Waals surface area contributed by atoms with Gasteiger partial charge in [-0.05, 0) is 87.5 Å². The monoisotopic (exact) mass is 638 g/mol. The number of para-hydroxylation sites is 1. The number of benzene rings is 6. The highest BCUT2D eigenvalue weighted by Crippen LogP contribution is 2.43. The van der Waals surface area contributed by atoms with Crippen molar-refractivity contribution in [1.82, 2.24) is 9.13 Å². The van der Waals surface area contributed by atoms with E-state index in [9.17, 15) is 0 Å². The number of nitrogens with zero attached hydrogens (tertiary/aromatic N) is 2. The number of hydrogen-bond donors (Lipinski definition) is 0. The molecule has 49 heavy (non-hydrogen) atoms. The van der Waals surface area contributed by atoms with Gasteiger partial charge in [-0.3, -0.25) is 0 Å². The SMILES string of the molecule is CC(C)c1c(-n2c3ccc(C(C)(C)C)cc3c3cc(C(C)(C)C)ccc32)ccc2c3ccccc3n(-c3ccc(-c4ccccc4)cc3)c12. The van der Waals surface area contributed by atoms with Gasteiger partial charge in [0.05, 0.1) is 27.8 Å². The Kier molecular flexibility index (Phi) is 7.16. The van der Waals surface area contributed by atoms with E-state index >= 15 is 0 Å². The summed E-state index contributed by atoms with van der Waals surface area (Å²) in [5.41, 5.74) is 14.1. The van der Waals surface area contributed by atoms with Crippen molar-refractivity contribution < 1.29 is 0 Å². The molecular formula is C47H46N2. The standard InChI is InChI=1S/C47H46N2/c1-30(2)44-43(49-41-25-20-33(46(3,4)5)28-38(41)39-29-34(47(6,7)8)21-26-42(39)49)27-24-37-36-16-12-13-17-40(36)48(45(37)44)35-22-18-32(19-23-35)31-14-10-9-11-15-31/h9-30H,1-8H3. The van der Waals surface area contributed by atoms with E-state index < -0.39 is 0 Å². The van der Waals surface area contributed by atoms with Crippen LogP contribution >= 0.6 is 0 Å². The van der Waals surface area contributed by atoms with Crippen molar-refractivity contribution in [2.24, 2.45) is 0 Å². The van der Waals surface area contributed by atoms with Gasteiger partial charge in [0, 0.05) is 32.8 Å². The Balaban J connectivity index is 1.46. The predicted octanol–water partition coefficient (Wildman–Crippen LogP) is 13.3. The van der Waals surface area contributed by atoms with Crippen LogP contribution in [0.1, 0.15) is 78.0 Å². The molecule has 6 aromatic carbocycles. The largest absolute Gasteiger partial charge is 0.309 e. The van der Waals surface area contributed by atoms with Crippen molar-refractivity contribution in [3.63, 3.8) is 0 Å². The van der Waals surface area contributed by atoms with Crippen LogP contribution in [-0.4, -0.2) is 9.13 Å². The summed E-state index contributed by atoms with van der Waals surface area (Å²) in [5.74, 6) is 0.278. The zero-order valence-electron chi connectivity index (χ0n) is 30.1. The molecule has 0 unspecified atom stereocenters. The van der Waals surface area contributed by atoms with Gasteiger partial charge in [-0.1, -0.05) is 134 Å². The van der Waals surface area contributed by atoms with Gasteiger partial charge in [0.25, 0.3) is 0 Å². The lowest BCUT2D eigenvalue weighted by molar-refractivity contribution is 0.590. The highest BCUT2D eigenvalue weighted by atomic mass is 15.0. The highest BCUT2D eigenvalue weighted by molar-refractivity contribution is 6.13. The van der Waals surface area contributed by atoms with E-state index in [1.807, 2.05) is 0 Å². The lowest BCUT2D eigenvalue weighted by atomic mass is 9.85. The Bertz CT molecular complexity index is 2440. The third-order valence-corrected chi connectivity index (χ3v) is 10.4. The first-order chi connectivity index (χ1) is 23.4. The topological polar surface area (TPSA) is 9.86 Å². The fraction of sp³-hybridized carbons (Fsp3) is 0.234. The van der Waals surface area contributed by atoms with Gasteiger partial charge >= 0.3 is 0 Å². The van der Waals surface area contributed by atoms with Gasteiger partial charge < -0.3 is 9.13 Å². The van der Waals surface area contributed by atoms with Crippen LogP contribution in [0.4, 0.5) is 0 Å². The third-order valence-electron chi connectivity index (χ3n) is 10.4. The van der Waals surface area contributed by atoms with Crippen molar-refractivity contribution in [2.45, 2.75) is 72.1 Å². The maximum atomic E-state index is 2.54. The van der Waals surface area contributed by atoms with Crippen LogP contribution in [0.15, 0.2) is 127 Å². The van der Waals surface area contributed by atoms with Crippen LogP contribution < -0.4 is 0 Å². The van der Waals surface area contributed by atoms with E-state index in [1.54, 1.807) is 0 Å². The van der Waals surface area contributed by atoms with E-state index in [0.717, 1.165) is 0 Å². The number of hydrogen-bond acceptors (Lipinski definition) is 0. The fourth-order valence-corrected chi connectivity index (χ4v) is 7.75. The summed E-state index contributed by atoms with van der Waals surface area (Å²) in [6, 6.07) is 47.6. The third kappa shape index (κ3) is 5.08. The minimum absolute atomic E-state index is 0.0588. The lowest BCUT2D eigenvalue weighted by Gasteiger charge is -2.21. The summed E-state index contributed by atoms with van der Waals surface area (Å²) >= 11 is 0. The van der Waals surface area contributed by atoms with E-state index in [4.69, 9.17) is 0 Å². The number of fused-ring (bicyclic) bond motifs is 6. The molecule has 0 spiro atoms. The first-order valence-corrected chi connectivity index (χ1v) is 17.7. The quantitative estimate of drug-likeness (QED) is 0.181. The summed E-state index contributed by atoms with van der Waals surface area (Å²) in [7, 11) is 0. The first-order valence-electron chi connectivity index (χ1n) is 17.7. The van der Waals surface area contributed by atoms with Crippen LogP contribution in [0, 0.1) is 0 Å². The van der Waals surface area contributed by atoms with Crippen LogP contribution in [0.5, 0.6) is 0 Å². The summed E-state index contributed by atoms with van der Waals surface area (Å²) in [6.07, 6.45) is 0. The molecule has 0 saturated carbocycles. The minimum Gasteiger partial charge on any atom is -0.309 e. The second kappa shape index (κ2) is 11.2. The van der Waals surface area contributed by atoms with Crippen molar-refractivity contribution in [2.75, 3.05) is 0 Å².